The molecule has 19 heavy (non-hydrogen) atoms. The minimum atomic E-state index is 0.0387. The maximum Gasteiger partial charge on any atom is 0.105 e. The van der Waals surface area contributed by atoms with Crippen molar-refractivity contribution >= 4 is 0 Å². The average Bonchev–Trinajstić information content (AvgIpc) is 2.69. The highest BCUT2D eigenvalue weighted by Crippen LogP contribution is 2.30. The molecule has 3 atom stereocenters. The number of furan rings is 1. The van der Waals surface area contributed by atoms with Crippen LogP contribution in [-0.4, -0.2) is 18.2 Å². The molecule has 0 bridgehead atoms. The number of aryl methyl sites for hydroxylation is 2. The van der Waals surface area contributed by atoms with Crippen molar-refractivity contribution in [3.05, 3.63) is 23.2 Å². The van der Waals surface area contributed by atoms with Gasteiger partial charge in [0.1, 0.15) is 11.5 Å². The van der Waals surface area contributed by atoms with Gasteiger partial charge in [0.25, 0.3) is 0 Å². The molecule has 1 N–H and O–H groups in total. The van der Waals surface area contributed by atoms with Crippen LogP contribution in [0.1, 0.15) is 63.2 Å². The molecule has 0 aromatic carbocycles. The topological polar surface area (TPSA) is 34.4 Å². The smallest absolute Gasteiger partial charge is 0.105 e. The summed E-state index contributed by atoms with van der Waals surface area (Å²) >= 11 is 0. The van der Waals surface area contributed by atoms with Gasteiger partial charge < -0.3 is 14.5 Å². The Hall–Kier alpha value is -0.800. The van der Waals surface area contributed by atoms with Crippen LogP contribution in [0, 0.1) is 13.8 Å². The molecule has 0 spiro atoms. The zero-order valence-corrected chi connectivity index (χ0v) is 12.9. The first-order chi connectivity index (χ1) is 8.93. The summed E-state index contributed by atoms with van der Waals surface area (Å²) in [5.41, 5.74) is 1.32. The molecule has 2 rings (SSSR count). The van der Waals surface area contributed by atoms with Gasteiger partial charge in [-0.05, 0) is 53.0 Å². The van der Waals surface area contributed by atoms with Crippen molar-refractivity contribution in [2.75, 3.05) is 6.61 Å². The van der Waals surface area contributed by atoms with Gasteiger partial charge in [-0.25, -0.2) is 0 Å². The Morgan fingerprint density at radius 3 is 2.79 bits per heavy atom. The largest absolute Gasteiger partial charge is 0.466 e. The first-order valence-electron chi connectivity index (χ1n) is 7.40. The van der Waals surface area contributed by atoms with E-state index in [1.807, 2.05) is 13.8 Å². The molecule has 108 valence electrons. The lowest BCUT2D eigenvalue weighted by Crippen LogP contribution is -2.45. The summed E-state index contributed by atoms with van der Waals surface area (Å²) in [6, 6.07) is 3.01. The van der Waals surface area contributed by atoms with Gasteiger partial charge in [0.15, 0.2) is 0 Å². The number of hydrogen-bond donors (Lipinski definition) is 1. The number of ether oxygens (including phenoxy) is 1. The Bertz CT molecular complexity index is 426. The van der Waals surface area contributed by atoms with Gasteiger partial charge in [-0.15, -0.1) is 0 Å². The molecule has 3 unspecified atom stereocenters. The number of hydrogen-bond acceptors (Lipinski definition) is 3. The fourth-order valence-electron chi connectivity index (χ4n) is 3.04. The van der Waals surface area contributed by atoms with Gasteiger partial charge in [0, 0.05) is 24.3 Å². The zero-order valence-electron chi connectivity index (χ0n) is 12.9. The van der Waals surface area contributed by atoms with E-state index in [1.54, 1.807) is 0 Å². The van der Waals surface area contributed by atoms with E-state index in [2.05, 4.69) is 32.2 Å². The highest BCUT2D eigenvalue weighted by molar-refractivity contribution is 5.23. The van der Waals surface area contributed by atoms with E-state index >= 15 is 0 Å². The molecule has 3 nitrogen and oxygen atoms in total. The summed E-state index contributed by atoms with van der Waals surface area (Å²) in [6.07, 6.45) is 3.25. The molecule has 1 aromatic rings. The highest BCUT2D eigenvalue weighted by atomic mass is 16.5. The van der Waals surface area contributed by atoms with E-state index in [4.69, 9.17) is 9.15 Å². The Kier molecular flexibility index (Phi) is 4.36. The van der Waals surface area contributed by atoms with Crippen LogP contribution in [0.2, 0.25) is 0 Å². The normalized spacial score (nSPS) is 29.4. The van der Waals surface area contributed by atoms with Gasteiger partial charge in [-0.3, -0.25) is 0 Å². The third-order valence-corrected chi connectivity index (χ3v) is 4.37. The minimum Gasteiger partial charge on any atom is -0.466 e. The van der Waals surface area contributed by atoms with Crippen molar-refractivity contribution in [2.24, 2.45) is 0 Å². The van der Waals surface area contributed by atoms with E-state index < -0.39 is 0 Å². The monoisotopic (exact) mass is 265 g/mol. The van der Waals surface area contributed by atoms with Crippen molar-refractivity contribution in [1.29, 1.82) is 0 Å². The summed E-state index contributed by atoms with van der Waals surface area (Å²) in [5, 5.41) is 3.74. The first kappa shape index (κ1) is 14.6. The van der Waals surface area contributed by atoms with E-state index in [9.17, 15) is 0 Å². The third-order valence-electron chi connectivity index (χ3n) is 4.37. The van der Waals surface area contributed by atoms with E-state index in [0.717, 1.165) is 37.4 Å². The number of nitrogens with one attached hydrogen (secondary N) is 1. The summed E-state index contributed by atoms with van der Waals surface area (Å²) < 4.78 is 11.5. The lowest BCUT2D eigenvalue weighted by atomic mass is 9.89. The third kappa shape index (κ3) is 3.40. The Balaban J connectivity index is 1.99. The molecule has 1 aromatic heterocycles. The molecular formula is C16H27NO2. The maximum atomic E-state index is 5.90. The van der Waals surface area contributed by atoms with Crippen LogP contribution in [0.15, 0.2) is 10.5 Å². The van der Waals surface area contributed by atoms with Gasteiger partial charge in [0.2, 0.25) is 0 Å². The van der Waals surface area contributed by atoms with Crippen LogP contribution >= 0.6 is 0 Å². The zero-order chi connectivity index (χ0) is 14.0. The molecule has 0 radical (unpaired) electrons. The van der Waals surface area contributed by atoms with Gasteiger partial charge >= 0.3 is 0 Å². The van der Waals surface area contributed by atoms with Crippen LogP contribution < -0.4 is 5.32 Å². The minimum absolute atomic E-state index is 0.0387. The first-order valence-corrected chi connectivity index (χ1v) is 7.40. The molecule has 0 aliphatic carbocycles. The van der Waals surface area contributed by atoms with Crippen molar-refractivity contribution in [3.8, 4) is 0 Å². The number of rotatable bonds is 4. The van der Waals surface area contributed by atoms with Gasteiger partial charge in [0.05, 0.1) is 5.60 Å². The summed E-state index contributed by atoms with van der Waals surface area (Å²) in [5.74, 6) is 2.02. The predicted octanol–water partition coefficient (Wildman–Crippen LogP) is 3.89. The molecule has 1 aliphatic rings. The van der Waals surface area contributed by atoms with Crippen LogP contribution in [-0.2, 0) is 4.74 Å². The van der Waals surface area contributed by atoms with Crippen LogP contribution in [0.5, 0.6) is 0 Å². The van der Waals surface area contributed by atoms with E-state index in [-0.39, 0.29) is 5.60 Å². The highest BCUT2D eigenvalue weighted by Gasteiger charge is 2.32. The summed E-state index contributed by atoms with van der Waals surface area (Å²) in [4.78, 5) is 0. The molecule has 1 fully saturated rings. The quantitative estimate of drug-likeness (QED) is 0.896. The molecule has 3 heteroatoms. The SMILES string of the molecule is CCC1(C)CC(NC(C)c2cc(C)oc2C)CCO1. The van der Waals surface area contributed by atoms with Crippen LogP contribution in [0.3, 0.4) is 0 Å². The second kappa shape index (κ2) is 5.68. The molecular weight excluding hydrogens is 238 g/mol. The van der Waals surface area contributed by atoms with Crippen molar-refractivity contribution in [1.82, 2.24) is 5.32 Å². The Morgan fingerprint density at radius 1 is 1.47 bits per heavy atom. The molecule has 0 amide bonds. The molecule has 0 saturated carbocycles. The van der Waals surface area contributed by atoms with Crippen molar-refractivity contribution in [2.45, 2.75) is 71.6 Å². The average molecular weight is 265 g/mol. The summed E-state index contributed by atoms with van der Waals surface area (Å²) in [7, 11) is 0. The van der Waals surface area contributed by atoms with Crippen LogP contribution in [0.25, 0.3) is 0 Å². The lowest BCUT2D eigenvalue weighted by molar-refractivity contribution is -0.0789. The lowest BCUT2D eigenvalue weighted by Gasteiger charge is -2.39. The summed E-state index contributed by atoms with van der Waals surface area (Å²) in [6.45, 7) is 11.6. The molecule has 2 heterocycles. The van der Waals surface area contributed by atoms with E-state index in [1.165, 1.54) is 5.56 Å². The molecule has 1 aliphatic heterocycles. The standard InChI is InChI=1S/C16H27NO2/c1-6-16(5)10-14(7-8-18-16)17-12(3)15-9-11(2)19-13(15)4/h9,12,14,17H,6-8,10H2,1-5H3. The second-order valence-corrected chi connectivity index (χ2v) is 6.10. The van der Waals surface area contributed by atoms with Crippen LogP contribution in [0.4, 0.5) is 0 Å². The van der Waals surface area contributed by atoms with Crippen molar-refractivity contribution in [3.63, 3.8) is 0 Å². The van der Waals surface area contributed by atoms with Gasteiger partial charge in [-0.1, -0.05) is 6.92 Å². The predicted molar refractivity (Wildman–Crippen MR) is 77.4 cm³/mol. The fraction of sp³-hybridized carbons (Fsp3) is 0.750. The maximum absolute atomic E-state index is 5.90. The Labute approximate surface area is 116 Å². The molecule has 1 saturated heterocycles. The fourth-order valence-corrected chi connectivity index (χ4v) is 3.04. The Morgan fingerprint density at radius 2 is 2.21 bits per heavy atom. The van der Waals surface area contributed by atoms with E-state index in [0.29, 0.717) is 12.1 Å². The van der Waals surface area contributed by atoms with Crippen molar-refractivity contribution < 1.29 is 9.15 Å². The van der Waals surface area contributed by atoms with Gasteiger partial charge in [-0.2, -0.15) is 0 Å². The second-order valence-electron chi connectivity index (χ2n) is 6.10.